The highest BCUT2D eigenvalue weighted by Gasteiger charge is 2.34. The second kappa shape index (κ2) is 7.81. The van der Waals surface area contributed by atoms with Gasteiger partial charge in [0.25, 0.3) is 5.91 Å². The Hall–Kier alpha value is -3.77. The molecule has 0 saturated heterocycles. The van der Waals surface area contributed by atoms with Crippen molar-refractivity contribution in [2.24, 2.45) is 0 Å². The summed E-state index contributed by atoms with van der Waals surface area (Å²) in [6.07, 6.45) is 0. The summed E-state index contributed by atoms with van der Waals surface area (Å²) in [5.74, 6) is -1.78. The fraction of sp³-hybridized carbons (Fsp3) is 0.0833. The third-order valence-electron chi connectivity index (χ3n) is 5.08. The van der Waals surface area contributed by atoms with Crippen LogP contribution in [-0.2, 0) is 4.79 Å². The van der Waals surface area contributed by atoms with Crippen LogP contribution in [0.3, 0.4) is 0 Å². The molecule has 2 amide bonds. The maximum Gasteiger partial charge on any atom is 0.255 e. The number of hydrogen-bond acceptors (Lipinski definition) is 4. The average Bonchev–Trinajstić information content (AvgIpc) is 2.76. The topological polar surface area (TPSA) is 83.6 Å². The monoisotopic (exact) mass is 432 g/mol. The Kier molecular flexibility index (Phi) is 5.17. The number of halogens is 1. The van der Waals surface area contributed by atoms with Gasteiger partial charge in [0.2, 0.25) is 5.91 Å². The molecular weight excluding hydrogens is 416 g/mol. The Bertz CT molecular complexity index is 1280. The predicted octanol–water partition coefficient (Wildman–Crippen LogP) is 4.53. The second-order valence-electron chi connectivity index (χ2n) is 7.21. The lowest BCUT2D eigenvalue weighted by Gasteiger charge is -2.24. The zero-order valence-corrected chi connectivity index (χ0v) is 17.5. The van der Waals surface area contributed by atoms with Gasteiger partial charge in [-0.05, 0) is 31.2 Å². The first-order valence-electron chi connectivity index (χ1n) is 9.49. The van der Waals surface area contributed by atoms with E-state index in [2.05, 4.69) is 5.32 Å². The van der Waals surface area contributed by atoms with Crippen molar-refractivity contribution in [3.63, 3.8) is 0 Å². The lowest BCUT2D eigenvalue weighted by molar-refractivity contribution is -0.115. The number of fused-ring (bicyclic) bond motifs is 2. The van der Waals surface area contributed by atoms with E-state index in [1.807, 2.05) is 13.0 Å². The van der Waals surface area contributed by atoms with Gasteiger partial charge in [0.05, 0.1) is 16.9 Å². The highest BCUT2D eigenvalue weighted by atomic mass is 35.5. The van der Waals surface area contributed by atoms with Gasteiger partial charge >= 0.3 is 0 Å². The highest BCUT2D eigenvalue weighted by molar-refractivity contribution is 6.39. The number of nitrogens with zero attached hydrogens (tertiary/aromatic N) is 1. The molecule has 1 N–H and O–H groups in total. The Labute approximate surface area is 183 Å². The molecule has 0 spiro atoms. The van der Waals surface area contributed by atoms with Gasteiger partial charge in [-0.3, -0.25) is 19.2 Å². The van der Waals surface area contributed by atoms with Gasteiger partial charge < -0.3 is 5.32 Å². The number of anilines is 2. The number of benzene rings is 3. The minimum atomic E-state index is -0.511. The smallest absolute Gasteiger partial charge is 0.255 e. The molecule has 154 valence electrons. The lowest BCUT2D eigenvalue weighted by Crippen LogP contribution is -2.27. The highest BCUT2D eigenvalue weighted by Crippen LogP contribution is 2.39. The third-order valence-corrected chi connectivity index (χ3v) is 5.50. The van der Waals surface area contributed by atoms with E-state index in [0.717, 1.165) is 9.98 Å². The first-order chi connectivity index (χ1) is 14.8. The van der Waals surface area contributed by atoms with Crippen LogP contribution in [0, 0.1) is 6.92 Å². The van der Waals surface area contributed by atoms with Crippen LogP contribution in [0.1, 0.15) is 54.7 Å². The number of carbonyl (C=O) groups is 4. The van der Waals surface area contributed by atoms with Crippen molar-refractivity contribution in [3.8, 4) is 0 Å². The molecule has 0 fully saturated rings. The maximum absolute atomic E-state index is 13.3. The fourth-order valence-corrected chi connectivity index (χ4v) is 3.75. The van der Waals surface area contributed by atoms with Crippen molar-refractivity contribution in [1.82, 2.24) is 0 Å². The van der Waals surface area contributed by atoms with Crippen LogP contribution in [0.5, 0.6) is 0 Å². The molecule has 1 aliphatic carbocycles. The van der Waals surface area contributed by atoms with Crippen LogP contribution in [0.25, 0.3) is 0 Å². The first-order valence-corrected chi connectivity index (χ1v) is 9.83. The van der Waals surface area contributed by atoms with Gasteiger partial charge in [0.1, 0.15) is 0 Å². The third kappa shape index (κ3) is 3.51. The summed E-state index contributed by atoms with van der Waals surface area (Å²) in [6.45, 7) is 3.10. The molecule has 0 radical (unpaired) electrons. The number of nitrogens with one attached hydrogen (secondary N) is 1. The number of carbonyl (C=O) groups excluding carboxylic acids is 4. The van der Waals surface area contributed by atoms with Gasteiger partial charge in [-0.1, -0.05) is 42.0 Å². The van der Waals surface area contributed by atoms with Crippen molar-refractivity contribution < 1.29 is 19.2 Å². The summed E-state index contributed by atoms with van der Waals surface area (Å²) < 4.78 is 0.810. The molecule has 0 saturated carbocycles. The molecule has 0 aliphatic heterocycles. The molecule has 0 aromatic heterocycles. The molecule has 31 heavy (non-hydrogen) atoms. The largest absolute Gasteiger partial charge is 0.319 e. The van der Waals surface area contributed by atoms with Gasteiger partial charge in [-0.2, -0.15) is 0 Å². The molecule has 6 nitrogen and oxygen atoms in total. The van der Waals surface area contributed by atoms with Crippen LogP contribution < -0.4 is 9.74 Å². The van der Waals surface area contributed by atoms with Gasteiger partial charge in [-0.25, -0.2) is 4.42 Å². The molecule has 3 aromatic rings. The summed E-state index contributed by atoms with van der Waals surface area (Å²) in [5.41, 5.74) is 2.03. The fourth-order valence-electron chi connectivity index (χ4n) is 3.61. The molecule has 0 heterocycles. The minimum Gasteiger partial charge on any atom is -0.319 e. The Morgan fingerprint density at radius 3 is 2.19 bits per heavy atom. The zero-order valence-electron chi connectivity index (χ0n) is 16.7. The van der Waals surface area contributed by atoms with Crippen molar-refractivity contribution in [1.29, 1.82) is 0 Å². The summed E-state index contributed by atoms with van der Waals surface area (Å²) in [4.78, 5) is 51.3. The van der Waals surface area contributed by atoms with E-state index in [0.29, 0.717) is 5.56 Å². The molecule has 3 aromatic carbocycles. The number of amides is 2. The zero-order chi connectivity index (χ0) is 22.3. The number of rotatable bonds is 3. The summed E-state index contributed by atoms with van der Waals surface area (Å²) in [6, 6.07) is 16.3. The van der Waals surface area contributed by atoms with Gasteiger partial charge in [0, 0.05) is 41.0 Å². The SMILES string of the molecule is CC(=O)N(Cl)c1ccc2c(c1NC(=O)c1cccc(C)c1)C(=O)c1ccccc1C2=O. The Balaban J connectivity index is 1.91. The first kappa shape index (κ1) is 20.5. The van der Waals surface area contributed by atoms with Crippen LogP contribution in [0.15, 0.2) is 60.7 Å². The maximum atomic E-state index is 13.3. The molecule has 7 heteroatoms. The van der Waals surface area contributed by atoms with Crippen LogP contribution in [0.4, 0.5) is 11.4 Å². The van der Waals surface area contributed by atoms with Crippen molar-refractivity contribution in [2.75, 3.05) is 9.74 Å². The van der Waals surface area contributed by atoms with Crippen LogP contribution in [0.2, 0.25) is 0 Å². The van der Waals surface area contributed by atoms with E-state index in [9.17, 15) is 19.2 Å². The van der Waals surface area contributed by atoms with E-state index >= 15 is 0 Å². The second-order valence-corrected chi connectivity index (χ2v) is 7.55. The van der Waals surface area contributed by atoms with E-state index in [1.54, 1.807) is 42.5 Å². The number of ketones is 2. The normalized spacial score (nSPS) is 12.1. The lowest BCUT2D eigenvalue weighted by atomic mass is 9.82. The Morgan fingerprint density at radius 2 is 1.55 bits per heavy atom. The van der Waals surface area contributed by atoms with E-state index < -0.39 is 17.6 Å². The summed E-state index contributed by atoms with van der Waals surface area (Å²) in [5, 5.41) is 2.71. The van der Waals surface area contributed by atoms with E-state index in [-0.39, 0.29) is 39.4 Å². The Morgan fingerprint density at radius 1 is 0.871 bits per heavy atom. The number of hydrogen-bond donors (Lipinski definition) is 1. The quantitative estimate of drug-likeness (QED) is 0.482. The summed E-state index contributed by atoms with van der Waals surface area (Å²) >= 11 is 6.16. The van der Waals surface area contributed by atoms with E-state index in [4.69, 9.17) is 11.8 Å². The summed E-state index contributed by atoms with van der Waals surface area (Å²) in [7, 11) is 0. The predicted molar refractivity (Wildman–Crippen MR) is 118 cm³/mol. The standard InChI is InChI=1S/C24H17ClN2O4/c1-13-6-5-7-15(12-13)24(31)26-21-19(27(25)14(2)28)11-10-18-20(21)23(30)17-9-4-3-8-16(17)22(18)29/h3-12H,1-2H3,(H,26,31). The average molecular weight is 433 g/mol. The minimum absolute atomic E-state index is 0.00843. The molecule has 0 bridgehead atoms. The molecule has 1 aliphatic rings. The number of aryl methyl sites for hydroxylation is 1. The van der Waals surface area contributed by atoms with E-state index in [1.165, 1.54) is 19.1 Å². The molecule has 0 unspecified atom stereocenters. The molecular formula is C24H17ClN2O4. The molecule has 0 atom stereocenters. The molecule has 4 rings (SSSR count). The van der Waals surface area contributed by atoms with Crippen molar-refractivity contribution >= 4 is 46.5 Å². The van der Waals surface area contributed by atoms with Crippen molar-refractivity contribution in [2.45, 2.75) is 13.8 Å². The van der Waals surface area contributed by atoms with Crippen LogP contribution in [-0.4, -0.2) is 23.4 Å². The van der Waals surface area contributed by atoms with Crippen molar-refractivity contribution in [3.05, 3.63) is 94.0 Å². The van der Waals surface area contributed by atoms with Crippen LogP contribution >= 0.6 is 11.8 Å². The van der Waals surface area contributed by atoms with Gasteiger partial charge in [-0.15, -0.1) is 0 Å². The van der Waals surface area contributed by atoms with Gasteiger partial charge in [0.15, 0.2) is 11.6 Å².